The smallest absolute Gasteiger partial charge is 0.322 e. The summed E-state index contributed by atoms with van der Waals surface area (Å²) in [6.45, 7) is 0.968. The molecule has 1 atom stereocenters. The van der Waals surface area contributed by atoms with E-state index in [2.05, 4.69) is 5.32 Å². The van der Waals surface area contributed by atoms with Crippen LogP contribution in [0, 0.1) is 5.92 Å². The molecule has 0 bridgehead atoms. The molecule has 4 nitrogen and oxygen atoms in total. The summed E-state index contributed by atoms with van der Waals surface area (Å²) in [6, 6.07) is -0.560. The van der Waals surface area contributed by atoms with Crippen molar-refractivity contribution < 1.29 is 9.90 Å². The quantitative estimate of drug-likeness (QED) is 0.499. The summed E-state index contributed by atoms with van der Waals surface area (Å²) >= 11 is 0. The topological polar surface area (TPSA) is 75.3 Å². The first-order valence-electron chi connectivity index (χ1n) is 3.90. The number of hydrogen-bond donors (Lipinski definition) is 3. The highest BCUT2D eigenvalue weighted by molar-refractivity contribution is 5.73. The van der Waals surface area contributed by atoms with Crippen molar-refractivity contribution in [1.29, 1.82) is 0 Å². The van der Waals surface area contributed by atoms with Crippen molar-refractivity contribution in [1.82, 2.24) is 5.32 Å². The molecule has 0 radical (unpaired) electrons. The Hall–Kier alpha value is -0.610. The van der Waals surface area contributed by atoms with Crippen LogP contribution >= 0.6 is 0 Å². The lowest BCUT2D eigenvalue weighted by Gasteiger charge is -2.10. The highest BCUT2D eigenvalue weighted by Gasteiger charge is 2.23. The van der Waals surface area contributed by atoms with Crippen molar-refractivity contribution in [3.63, 3.8) is 0 Å². The van der Waals surface area contributed by atoms with Crippen molar-refractivity contribution >= 4 is 5.97 Å². The predicted molar refractivity (Wildman–Crippen MR) is 41.2 cm³/mol. The maximum Gasteiger partial charge on any atom is 0.322 e. The highest BCUT2D eigenvalue weighted by atomic mass is 16.4. The molecule has 4 heteroatoms. The predicted octanol–water partition coefficient (Wildman–Crippen LogP) is -0.602. The Kier molecular flexibility index (Phi) is 2.84. The van der Waals surface area contributed by atoms with Gasteiger partial charge in [-0.15, -0.1) is 0 Å². The SMILES string of the molecule is NCC(NCC1CC1)C(=O)O. The van der Waals surface area contributed by atoms with Crippen LogP contribution in [0.1, 0.15) is 12.8 Å². The lowest BCUT2D eigenvalue weighted by molar-refractivity contribution is -0.139. The fourth-order valence-corrected chi connectivity index (χ4v) is 0.902. The zero-order chi connectivity index (χ0) is 8.27. The van der Waals surface area contributed by atoms with Crippen LogP contribution < -0.4 is 11.1 Å². The fourth-order valence-electron chi connectivity index (χ4n) is 0.902. The van der Waals surface area contributed by atoms with Gasteiger partial charge in [-0.1, -0.05) is 0 Å². The van der Waals surface area contributed by atoms with Crippen molar-refractivity contribution in [2.45, 2.75) is 18.9 Å². The monoisotopic (exact) mass is 158 g/mol. The van der Waals surface area contributed by atoms with Gasteiger partial charge in [0.25, 0.3) is 0 Å². The van der Waals surface area contributed by atoms with E-state index < -0.39 is 12.0 Å². The lowest BCUT2D eigenvalue weighted by atomic mass is 10.3. The number of rotatable bonds is 5. The van der Waals surface area contributed by atoms with E-state index in [0.717, 1.165) is 6.54 Å². The first-order chi connectivity index (χ1) is 5.24. The minimum Gasteiger partial charge on any atom is -0.480 e. The average molecular weight is 158 g/mol. The molecule has 0 aromatic rings. The van der Waals surface area contributed by atoms with Crippen LogP contribution in [0.25, 0.3) is 0 Å². The van der Waals surface area contributed by atoms with Crippen molar-refractivity contribution in [3.8, 4) is 0 Å². The number of nitrogens with one attached hydrogen (secondary N) is 1. The maximum absolute atomic E-state index is 10.4. The number of nitrogens with two attached hydrogens (primary N) is 1. The number of carbonyl (C=O) groups is 1. The average Bonchev–Trinajstić information content (AvgIpc) is 2.72. The van der Waals surface area contributed by atoms with Crippen molar-refractivity contribution in [2.75, 3.05) is 13.1 Å². The molecule has 1 aliphatic carbocycles. The molecule has 11 heavy (non-hydrogen) atoms. The van der Waals surface area contributed by atoms with E-state index in [0.29, 0.717) is 5.92 Å². The van der Waals surface area contributed by atoms with Crippen LogP contribution in [0.15, 0.2) is 0 Å². The Balaban J connectivity index is 2.13. The molecule has 0 spiro atoms. The van der Waals surface area contributed by atoms with Crippen molar-refractivity contribution in [2.24, 2.45) is 11.7 Å². The van der Waals surface area contributed by atoms with Crippen LogP contribution in [0.4, 0.5) is 0 Å². The summed E-state index contributed by atoms with van der Waals surface area (Å²) in [5.41, 5.74) is 5.24. The number of aliphatic carboxylic acids is 1. The van der Waals surface area contributed by atoms with Crippen LogP contribution in [-0.4, -0.2) is 30.2 Å². The third-order valence-electron chi connectivity index (χ3n) is 1.88. The highest BCUT2D eigenvalue weighted by Crippen LogP contribution is 2.27. The van der Waals surface area contributed by atoms with Gasteiger partial charge < -0.3 is 16.2 Å². The molecule has 0 amide bonds. The second kappa shape index (κ2) is 3.69. The van der Waals surface area contributed by atoms with Crippen molar-refractivity contribution in [3.05, 3.63) is 0 Å². The zero-order valence-electron chi connectivity index (χ0n) is 6.42. The fraction of sp³-hybridized carbons (Fsp3) is 0.857. The minimum absolute atomic E-state index is 0.169. The Morgan fingerprint density at radius 1 is 1.73 bits per heavy atom. The van der Waals surface area contributed by atoms with E-state index in [9.17, 15) is 4.79 Å². The molecule has 1 aliphatic rings. The number of carboxylic acid groups (broad SMARTS) is 1. The Morgan fingerprint density at radius 3 is 2.73 bits per heavy atom. The van der Waals surface area contributed by atoms with Gasteiger partial charge in [0.1, 0.15) is 6.04 Å². The molecule has 1 saturated carbocycles. The van der Waals surface area contributed by atoms with E-state index >= 15 is 0 Å². The molecule has 1 fully saturated rings. The molecule has 1 unspecified atom stereocenters. The normalized spacial score (nSPS) is 19.7. The van der Waals surface area contributed by atoms with Gasteiger partial charge in [0.15, 0.2) is 0 Å². The molecular formula is C7H14N2O2. The summed E-state index contributed by atoms with van der Waals surface area (Å²) in [7, 11) is 0. The summed E-state index contributed by atoms with van der Waals surface area (Å²) in [6.07, 6.45) is 2.45. The van der Waals surface area contributed by atoms with E-state index in [1.54, 1.807) is 0 Å². The van der Waals surface area contributed by atoms with Gasteiger partial charge in [0.2, 0.25) is 0 Å². The van der Waals surface area contributed by atoms with Gasteiger partial charge in [-0.05, 0) is 25.3 Å². The summed E-state index contributed by atoms with van der Waals surface area (Å²) in [4.78, 5) is 10.4. The molecule has 0 aromatic carbocycles. The lowest BCUT2D eigenvalue weighted by Crippen LogP contribution is -2.43. The third kappa shape index (κ3) is 2.86. The third-order valence-corrected chi connectivity index (χ3v) is 1.88. The van der Waals surface area contributed by atoms with Gasteiger partial charge in [-0.2, -0.15) is 0 Å². The Labute approximate surface area is 65.8 Å². The summed E-state index contributed by atoms with van der Waals surface area (Å²) in [5.74, 6) is -0.156. The van der Waals surface area contributed by atoms with Gasteiger partial charge in [0, 0.05) is 6.54 Å². The second-order valence-electron chi connectivity index (χ2n) is 2.98. The molecule has 0 heterocycles. The largest absolute Gasteiger partial charge is 0.480 e. The Morgan fingerprint density at radius 2 is 2.36 bits per heavy atom. The number of hydrogen-bond acceptors (Lipinski definition) is 3. The molecule has 64 valence electrons. The van der Waals surface area contributed by atoms with Gasteiger partial charge in [-0.3, -0.25) is 4.79 Å². The van der Waals surface area contributed by atoms with Crippen LogP contribution in [-0.2, 0) is 4.79 Å². The van der Waals surface area contributed by atoms with Crippen LogP contribution in [0.2, 0.25) is 0 Å². The van der Waals surface area contributed by atoms with E-state index in [1.807, 2.05) is 0 Å². The summed E-state index contributed by atoms with van der Waals surface area (Å²) < 4.78 is 0. The first kappa shape index (κ1) is 8.49. The standard InChI is InChI=1S/C7H14N2O2/c8-3-6(7(10)11)9-4-5-1-2-5/h5-6,9H,1-4,8H2,(H,10,11). The minimum atomic E-state index is -0.854. The van der Waals surface area contributed by atoms with Gasteiger partial charge >= 0.3 is 5.97 Å². The molecular weight excluding hydrogens is 144 g/mol. The van der Waals surface area contributed by atoms with Gasteiger partial charge in [0.05, 0.1) is 0 Å². The number of carboxylic acids is 1. The molecule has 1 rings (SSSR count). The molecule has 0 aromatic heterocycles. The van der Waals surface area contributed by atoms with Gasteiger partial charge in [-0.25, -0.2) is 0 Å². The van der Waals surface area contributed by atoms with E-state index in [1.165, 1.54) is 12.8 Å². The maximum atomic E-state index is 10.4. The summed E-state index contributed by atoms with van der Waals surface area (Å²) in [5, 5.41) is 11.5. The van der Waals surface area contributed by atoms with Crippen LogP contribution in [0.3, 0.4) is 0 Å². The zero-order valence-corrected chi connectivity index (χ0v) is 6.42. The van der Waals surface area contributed by atoms with E-state index in [4.69, 9.17) is 10.8 Å². The molecule has 0 aliphatic heterocycles. The molecule has 0 saturated heterocycles. The molecule has 4 N–H and O–H groups in total. The second-order valence-corrected chi connectivity index (χ2v) is 2.98. The Bertz CT molecular complexity index is 145. The first-order valence-corrected chi connectivity index (χ1v) is 3.90. The van der Waals surface area contributed by atoms with E-state index in [-0.39, 0.29) is 6.54 Å². The van der Waals surface area contributed by atoms with Crippen LogP contribution in [0.5, 0.6) is 0 Å².